The Balaban J connectivity index is 2.19. The largest absolute Gasteiger partial charge is 0.381 e. The predicted molar refractivity (Wildman–Crippen MR) is 85.0 cm³/mol. The molecule has 22 heavy (non-hydrogen) atoms. The molecule has 0 radical (unpaired) electrons. The van der Waals surface area contributed by atoms with Gasteiger partial charge in [-0.05, 0) is 19.8 Å². The first-order valence-electron chi connectivity index (χ1n) is 8.09. The zero-order chi connectivity index (χ0) is 16.4. The van der Waals surface area contributed by atoms with Crippen molar-refractivity contribution in [2.45, 2.75) is 57.6 Å². The van der Waals surface area contributed by atoms with E-state index in [1.807, 2.05) is 4.90 Å². The highest BCUT2D eigenvalue weighted by Gasteiger charge is 2.46. The number of sulfonamides is 1. The monoisotopic (exact) mass is 332 g/mol. The first-order valence-corrected chi connectivity index (χ1v) is 9.70. The molecule has 0 N–H and O–H groups in total. The minimum Gasteiger partial charge on any atom is -0.381 e. The maximum absolute atomic E-state index is 12.6. The molecular formula is C15H28N2O4S. The lowest BCUT2D eigenvalue weighted by molar-refractivity contribution is -0.140. The third-order valence-electron chi connectivity index (χ3n) is 5.02. The van der Waals surface area contributed by atoms with E-state index in [0.717, 1.165) is 25.7 Å². The van der Waals surface area contributed by atoms with Gasteiger partial charge in [-0.3, -0.25) is 4.79 Å². The maximum Gasteiger partial charge on any atom is 0.219 e. The molecule has 2 fully saturated rings. The minimum atomic E-state index is -3.35. The molecule has 1 saturated carbocycles. The van der Waals surface area contributed by atoms with Gasteiger partial charge in [0, 0.05) is 33.7 Å². The second-order valence-electron chi connectivity index (χ2n) is 6.61. The highest BCUT2D eigenvalue weighted by Crippen LogP contribution is 2.37. The second-order valence-corrected chi connectivity index (χ2v) is 8.63. The van der Waals surface area contributed by atoms with Crippen LogP contribution in [0.15, 0.2) is 0 Å². The third-order valence-corrected chi connectivity index (χ3v) is 7.01. The first kappa shape index (κ1) is 17.7. The van der Waals surface area contributed by atoms with E-state index >= 15 is 0 Å². The Kier molecular flexibility index (Phi) is 5.50. The average Bonchev–Trinajstić information content (AvgIpc) is 2.47. The van der Waals surface area contributed by atoms with Crippen molar-refractivity contribution in [1.82, 2.24) is 9.21 Å². The van der Waals surface area contributed by atoms with Gasteiger partial charge in [-0.1, -0.05) is 19.3 Å². The van der Waals surface area contributed by atoms with Crippen LogP contribution in [0.5, 0.6) is 0 Å². The fourth-order valence-corrected chi connectivity index (χ4v) is 5.52. The summed E-state index contributed by atoms with van der Waals surface area (Å²) in [5, 5.41) is 0. The molecule has 128 valence electrons. The van der Waals surface area contributed by atoms with Crippen LogP contribution >= 0.6 is 0 Å². The van der Waals surface area contributed by atoms with E-state index in [-0.39, 0.29) is 23.3 Å². The molecule has 2 aliphatic rings. The van der Waals surface area contributed by atoms with Gasteiger partial charge < -0.3 is 9.64 Å². The Morgan fingerprint density at radius 2 is 1.86 bits per heavy atom. The van der Waals surface area contributed by atoms with E-state index < -0.39 is 10.0 Å². The fourth-order valence-electron chi connectivity index (χ4n) is 3.78. The summed E-state index contributed by atoms with van der Waals surface area (Å²) in [5.74, 6) is 0.0591. The highest BCUT2D eigenvalue weighted by molar-refractivity contribution is 7.89. The van der Waals surface area contributed by atoms with E-state index in [1.54, 1.807) is 18.2 Å². The van der Waals surface area contributed by atoms with Gasteiger partial charge in [-0.15, -0.1) is 0 Å². The number of hydrogen-bond acceptors (Lipinski definition) is 4. The highest BCUT2D eigenvalue weighted by atomic mass is 32.2. The topological polar surface area (TPSA) is 66.9 Å². The molecule has 1 saturated heterocycles. The molecule has 1 amide bonds. The van der Waals surface area contributed by atoms with Crippen LogP contribution in [0.1, 0.15) is 46.0 Å². The molecule has 0 unspecified atom stereocenters. The standard InChI is InChI=1S/C15H28N2O4S/c1-13(21-3)11-22(19,20)16-9-10-17(14(2)18)15(12-16)7-5-4-6-8-15/h13H,4-12H2,1-3H3/t13-/m0/s1. The van der Waals surface area contributed by atoms with Crippen LogP contribution in [0.4, 0.5) is 0 Å². The Morgan fingerprint density at radius 1 is 1.23 bits per heavy atom. The van der Waals surface area contributed by atoms with Crippen LogP contribution in [0, 0.1) is 0 Å². The molecule has 1 aliphatic heterocycles. The van der Waals surface area contributed by atoms with Crippen LogP contribution in [0.2, 0.25) is 0 Å². The quantitative estimate of drug-likeness (QED) is 0.776. The van der Waals surface area contributed by atoms with Crippen molar-refractivity contribution >= 4 is 15.9 Å². The predicted octanol–water partition coefficient (Wildman–Crippen LogP) is 1.22. The molecule has 6 nitrogen and oxygen atoms in total. The van der Waals surface area contributed by atoms with Gasteiger partial charge in [0.05, 0.1) is 17.4 Å². The normalized spacial score (nSPS) is 24.4. The molecule has 7 heteroatoms. The Labute approximate surface area is 133 Å². The van der Waals surface area contributed by atoms with Crippen molar-refractivity contribution in [3.63, 3.8) is 0 Å². The van der Waals surface area contributed by atoms with Crippen molar-refractivity contribution in [3.8, 4) is 0 Å². The zero-order valence-corrected chi connectivity index (χ0v) is 14.7. The van der Waals surface area contributed by atoms with Gasteiger partial charge in [-0.2, -0.15) is 4.31 Å². The molecule has 1 atom stereocenters. The fraction of sp³-hybridized carbons (Fsp3) is 0.933. The number of hydrogen-bond donors (Lipinski definition) is 0. The number of carbonyl (C=O) groups excluding carboxylic acids is 1. The van der Waals surface area contributed by atoms with Crippen molar-refractivity contribution in [2.24, 2.45) is 0 Å². The number of carbonyl (C=O) groups is 1. The van der Waals surface area contributed by atoms with Crippen molar-refractivity contribution < 1.29 is 17.9 Å². The summed E-state index contributed by atoms with van der Waals surface area (Å²) in [5.41, 5.74) is -0.300. The second kappa shape index (κ2) is 6.84. The van der Waals surface area contributed by atoms with E-state index in [0.29, 0.717) is 19.6 Å². The third kappa shape index (κ3) is 3.63. The van der Waals surface area contributed by atoms with Gasteiger partial charge in [-0.25, -0.2) is 8.42 Å². The number of ether oxygens (including phenoxy) is 1. The molecule has 0 aromatic heterocycles. The average molecular weight is 332 g/mol. The Hall–Kier alpha value is -0.660. The summed E-state index contributed by atoms with van der Waals surface area (Å²) >= 11 is 0. The zero-order valence-electron chi connectivity index (χ0n) is 13.9. The van der Waals surface area contributed by atoms with Crippen molar-refractivity contribution in [2.75, 3.05) is 32.5 Å². The summed E-state index contributed by atoms with van der Waals surface area (Å²) in [6.07, 6.45) is 4.77. The van der Waals surface area contributed by atoms with Gasteiger partial charge in [0.1, 0.15) is 0 Å². The van der Waals surface area contributed by atoms with Crippen LogP contribution < -0.4 is 0 Å². The summed E-state index contributed by atoms with van der Waals surface area (Å²) < 4.78 is 31.9. The smallest absolute Gasteiger partial charge is 0.219 e. The number of piperazine rings is 1. The molecule has 1 aliphatic carbocycles. The molecule has 2 rings (SSSR count). The molecular weight excluding hydrogens is 304 g/mol. The summed E-state index contributed by atoms with van der Waals surface area (Å²) in [6, 6.07) is 0. The maximum atomic E-state index is 12.6. The van der Waals surface area contributed by atoms with Crippen LogP contribution in [-0.2, 0) is 19.6 Å². The van der Waals surface area contributed by atoms with Crippen LogP contribution in [0.25, 0.3) is 0 Å². The molecule has 0 aromatic carbocycles. The number of amides is 1. The Bertz CT molecular complexity index is 500. The number of nitrogens with zero attached hydrogens (tertiary/aromatic N) is 2. The van der Waals surface area contributed by atoms with Crippen LogP contribution in [-0.4, -0.2) is 67.7 Å². The van der Waals surface area contributed by atoms with Crippen molar-refractivity contribution in [1.29, 1.82) is 0 Å². The first-order chi connectivity index (χ1) is 10.3. The number of rotatable bonds is 4. The SMILES string of the molecule is CO[C@@H](C)CS(=O)(=O)N1CCN(C(C)=O)C2(CCCCC2)C1. The van der Waals surface area contributed by atoms with Crippen molar-refractivity contribution in [3.05, 3.63) is 0 Å². The van der Waals surface area contributed by atoms with E-state index in [1.165, 1.54) is 13.5 Å². The van der Waals surface area contributed by atoms with Gasteiger partial charge in [0.15, 0.2) is 0 Å². The summed E-state index contributed by atoms with van der Waals surface area (Å²) in [7, 11) is -1.82. The van der Waals surface area contributed by atoms with Gasteiger partial charge in [0.2, 0.25) is 15.9 Å². The lowest BCUT2D eigenvalue weighted by Gasteiger charge is -2.52. The van der Waals surface area contributed by atoms with E-state index in [9.17, 15) is 13.2 Å². The number of methoxy groups -OCH3 is 1. The van der Waals surface area contributed by atoms with E-state index in [2.05, 4.69) is 0 Å². The van der Waals surface area contributed by atoms with Crippen LogP contribution in [0.3, 0.4) is 0 Å². The van der Waals surface area contributed by atoms with Gasteiger partial charge in [0.25, 0.3) is 0 Å². The lowest BCUT2D eigenvalue weighted by atomic mass is 9.79. The lowest BCUT2D eigenvalue weighted by Crippen LogP contribution is -2.65. The Morgan fingerprint density at radius 3 is 2.41 bits per heavy atom. The summed E-state index contributed by atoms with van der Waals surface area (Å²) in [6.45, 7) is 4.68. The molecule has 1 heterocycles. The molecule has 0 aromatic rings. The minimum absolute atomic E-state index is 0.000346. The van der Waals surface area contributed by atoms with E-state index in [4.69, 9.17) is 4.74 Å². The summed E-state index contributed by atoms with van der Waals surface area (Å²) in [4.78, 5) is 13.9. The molecule has 0 bridgehead atoms. The molecule has 1 spiro atoms. The van der Waals surface area contributed by atoms with Gasteiger partial charge >= 0.3 is 0 Å².